The van der Waals surface area contributed by atoms with Crippen molar-refractivity contribution in [1.29, 1.82) is 0 Å². The van der Waals surface area contributed by atoms with Gasteiger partial charge in [-0.1, -0.05) is 156 Å². The van der Waals surface area contributed by atoms with Crippen LogP contribution in [0.3, 0.4) is 0 Å². The molecule has 0 saturated heterocycles. The van der Waals surface area contributed by atoms with Crippen LogP contribution in [0.1, 0.15) is 155 Å². The summed E-state index contributed by atoms with van der Waals surface area (Å²) in [6, 6.07) is 0. The number of hydrogen-bond donors (Lipinski definition) is 0. The monoisotopic (exact) mass is 858 g/mol. The smallest absolute Gasteiger partial charge is 0.306 e. The molecule has 2 atom stereocenters. The van der Waals surface area contributed by atoms with Crippen molar-refractivity contribution in [2.75, 3.05) is 47.5 Å². The lowest BCUT2D eigenvalue weighted by Crippen LogP contribution is -2.37. The summed E-state index contributed by atoms with van der Waals surface area (Å²) in [5.74, 6) is -0.951. The van der Waals surface area contributed by atoms with E-state index < -0.39 is 32.5 Å². The van der Waals surface area contributed by atoms with Crippen molar-refractivity contribution in [3.8, 4) is 0 Å². The molecule has 9 nitrogen and oxygen atoms in total. The number of carbonyl (C=O) groups is 2. The van der Waals surface area contributed by atoms with Crippen molar-refractivity contribution in [3.63, 3.8) is 0 Å². The fourth-order valence-electron chi connectivity index (χ4n) is 5.53. The molecule has 0 amide bonds. The quantitative estimate of drug-likeness (QED) is 0.0197. The molecule has 0 heterocycles. The standard InChI is InChI=1S/C50H84NO8P/c1-6-8-10-12-14-16-18-20-22-24-25-27-28-30-32-34-36-38-40-42-49(52)56-46-48(47-58-60(54,55)57-45-44-51(3,4)5)59-50(53)43-41-39-37-35-33-31-29-26-23-21-19-17-15-13-11-9-7-2/h8,10,14-17,20-23,25,27,30,32,36,38,48H,6-7,9,11-13,18-19,24,26,28-29,31,33-35,37,39-47H2,1-5H3/b10-8-,16-14-,17-15-,22-20-,23-21-,27-25-,32-30-,38-36-/t48-/m1/s1. The minimum absolute atomic E-state index is 0.0491. The number of phosphoric acid groups is 1. The summed E-state index contributed by atoms with van der Waals surface area (Å²) in [4.78, 5) is 37.6. The first kappa shape index (κ1) is 56.9. The molecule has 342 valence electrons. The highest BCUT2D eigenvalue weighted by atomic mass is 31.2. The van der Waals surface area contributed by atoms with E-state index >= 15 is 0 Å². The van der Waals surface area contributed by atoms with Gasteiger partial charge in [0.15, 0.2) is 6.10 Å². The number of hydrogen-bond acceptors (Lipinski definition) is 8. The Morgan fingerprint density at radius 1 is 0.533 bits per heavy atom. The van der Waals surface area contributed by atoms with Crippen molar-refractivity contribution in [2.24, 2.45) is 0 Å². The molecule has 0 N–H and O–H groups in total. The summed E-state index contributed by atoms with van der Waals surface area (Å²) in [7, 11) is 1.10. The van der Waals surface area contributed by atoms with E-state index in [2.05, 4.69) is 98.9 Å². The number of rotatable bonds is 40. The molecule has 0 aromatic carbocycles. The molecule has 0 aliphatic heterocycles. The van der Waals surface area contributed by atoms with Gasteiger partial charge in [0.2, 0.25) is 0 Å². The third-order valence-corrected chi connectivity index (χ3v) is 10.1. The molecule has 1 unspecified atom stereocenters. The van der Waals surface area contributed by atoms with Crippen LogP contribution in [0, 0.1) is 0 Å². The molecule has 0 aromatic rings. The van der Waals surface area contributed by atoms with Crippen molar-refractivity contribution in [3.05, 3.63) is 97.2 Å². The van der Waals surface area contributed by atoms with E-state index in [1.807, 2.05) is 33.3 Å². The summed E-state index contributed by atoms with van der Waals surface area (Å²) >= 11 is 0. The third kappa shape index (κ3) is 44.5. The topological polar surface area (TPSA) is 111 Å². The van der Waals surface area contributed by atoms with Crippen molar-refractivity contribution in [1.82, 2.24) is 0 Å². The number of quaternary nitrogens is 1. The first-order chi connectivity index (χ1) is 29.0. The fraction of sp³-hybridized carbons (Fsp3) is 0.640. The lowest BCUT2D eigenvalue weighted by molar-refractivity contribution is -0.870. The molecule has 0 aliphatic rings. The second kappa shape index (κ2) is 41.3. The van der Waals surface area contributed by atoms with E-state index in [1.165, 1.54) is 44.9 Å². The summed E-state index contributed by atoms with van der Waals surface area (Å²) in [6.45, 7) is 3.97. The van der Waals surface area contributed by atoms with E-state index in [-0.39, 0.29) is 26.1 Å². The van der Waals surface area contributed by atoms with Crippen molar-refractivity contribution >= 4 is 19.8 Å². The van der Waals surface area contributed by atoms with Crippen LogP contribution in [-0.2, 0) is 32.7 Å². The SMILES string of the molecule is CC/C=C\C/C=C\C/C=C\C/C=C\C/C=C\C/C=C\CCC(=O)OC[C@H](COP(=O)([O-])OCC[N+](C)(C)C)OC(=O)CCCCCCCCC/C=C\C/C=C\CCCCC. The van der Waals surface area contributed by atoms with Crippen LogP contribution >= 0.6 is 7.82 Å². The second-order valence-corrected chi connectivity index (χ2v) is 17.4. The average Bonchev–Trinajstić information content (AvgIpc) is 3.20. The summed E-state index contributed by atoms with van der Waals surface area (Å²) in [5, 5.41) is 0. The number of allylic oxidation sites excluding steroid dienone is 16. The maximum atomic E-state index is 12.7. The van der Waals surface area contributed by atoms with Gasteiger partial charge in [0.25, 0.3) is 7.82 Å². The van der Waals surface area contributed by atoms with Gasteiger partial charge < -0.3 is 27.9 Å². The normalized spacial score (nSPS) is 14.4. The second-order valence-electron chi connectivity index (χ2n) is 16.0. The Balaban J connectivity index is 4.49. The summed E-state index contributed by atoms with van der Waals surface area (Å²) in [6.07, 6.45) is 54.5. The first-order valence-corrected chi connectivity index (χ1v) is 24.4. The number of unbranched alkanes of at least 4 members (excludes halogenated alkanes) is 10. The zero-order valence-corrected chi connectivity index (χ0v) is 39.3. The Morgan fingerprint density at radius 3 is 1.48 bits per heavy atom. The van der Waals surface area contributed by atoms with Crippen molar-refractivity contribution in [2.45, 2.75) is 161 Å². The number of phosphoric ester groups is 1. The highest BCUT2D eigenvalue weighted by Gasteiger charge is 2.21. The van der Waals surface area contributed by atoms with Crippen LogP contribution in [0.2, 0.25) is 0 Å². The van der Waals surface area contributed by atoms with E-state index in [4.69, 9.17) is 18.5 Å². The highest BCUT2D eigenvalue weighted by molar-refractivity contribution is 7.45. The molecule has 10 heteroatoms. The molecular weight excluding hydrogens is 774 g/mol. The molecular formula is C50H84NO8P. The lowest BCUT2D eigenvalue weighted by atomic mass is 10.1. The maximum Gasteiger partial charge on any atom is 0.306 e. The van der Waals surface area contributed by atoms with Gasteiger partial charge in [-0.25, -0.2) is 0 Å². The molecule has 0 aliphatic carbocycles. The zero-order chi connectivity index (χ0) is 44.3. The number of carbonyl (C=O) groups excluding carboxylic acids is 2. The largest absolute Gasteiger partial charge is 0.756 e. The number of likely N-dealkylation sites (N-methyl/N-ethyl adjacent to an activating group) is 1. The maximum absolute atomic E-state index is 12.7. The van der Waals surface area contributed by atoms with E-state index in [0.717, 1.165) is 70.6 Å². The molecule has 0 fully saturated rings. The first-order valence-electron chi connectivity index (χ1n) is 22.9. The molecule has 0 bridgehead atoms. The zero-order valence-electron chi connectivity index (χ0n) is 38.4. The van der Waals surface area contributed by atoms with Gasteiger partial charge in [0.05, 0.1) is 27.7 Å². The predicted octanol–water partition coefficient (Wildman–Crippen LogP) is 12.7. The fourth-order valence-corrected chi connectivity index (χ4v) is 6.26. The van der Waals surface area contributed by atoms with Crippen LogP contribution in [0.5, 0.6) is 0 Å². The van der Waals surface area contributed by atoms with Crippen LogP contribution in [0.25, 0.3) is 0 Å². The van der Waals surface area contributed by atoms with E-state index in [1.54, 1.807) is 0 Å². The molecule has 0 rings (SSSR count). The third-order valence-electron chi connectivity index (χ3n) is 9.10. The number of nitrogens with zero attached hydrogens (tertiary/aromatic N) is 1. The van der Waals surface area contributed by atoms with Gasteiger partial charge in [-0.3, -0.25) is 14.2 Å². The molecule has 0 spiro atoms. The van der Waals surface area contributed by atoms with Gasteiger partial charge in [0.1, 0.15) is 19.8 Å². The molecule has 0 radical (unpaired) electrons. The Kier molecular flexibility index (Phi) is 39.2. The van der Waals surface area contributed by atoms with Gasteiger partial charge in [-0.15, -0.1) is 0 Å². The van der Waals surface area contributed by atoms with Crippen LogP contribution < -0.4 is 4.89 Å². The van der Waals surface area contributed by atoms with Crippen molar-refractivity contribution < 1.29 is 42.1 Å². The molecule has 60 heavy (non-hydrogen) atoms. The average molecular weight is 858 g/mol. The summed E-state index contributed by atoms with van der Waals surface area (Å²) < 4.78 is 33.8. The van der Waals surface area contributed by atoms with Crippen LogP contribution in [0.15, 0.2) is 97.2 Å². The minimum atomic E-state index is -4.65. The molecule has 0 saturated carbocycles. The number of ether oxygens (including phenoxy) is 2. The van der Waals surface area contributed by atoms with Gasteiger partial charge in [-0.05, 0) is 83.5 Å². The van der Waals surface area contributed by atoms with E-state index in [9.17, 15) is 19.0 Å². The summed E-state index contributed by atoms with van der Waals surface area (Å²) in [5.41, 5.74) is 0. The Morgan fingerprint density at radius 2 is 0.983 bits per heavy atom. The minimum Gasteiger partial charge on any atom is -0.756 e. The van der Waals surface area contributed by atoms with Gasteiger partial charge >= 0.3 is 11.9 Å². The Bertz CT molecular complexity index is 1340. The van der Waals surface area contributed by atoms with Gasteiger partial charge in [0, 0.05) is 12.8 Å². The number of esters is 2. The highest BCUT2D eigenvalue weighted by Crippen LogP contribution is 2.38. The van der Waals surface area contributed by atoms with E-state index in [0.29, 0.717) is 23.9 Å². The molecule has 0 aromatic heterocycles. The predicted molar refractivity (Wildman–Crippen MR) is 249 cm³/mol. The van der Waals surface area contributed by atoms with Gasteiger partial charge in [-0.2, -0.15) is 0 Å². The Hall–Kier alpha value is -3.07. The Labute approximate surface area is 366 Å². The van der Waals surface area contributed by atoms with Crippen LogP contribution in [0.4, 0.5) is 0 Å². The lowest BCUT2D eigenvalue weighted by Gasteiger charge is -2.28. The van der Waals surface area contributed by atoms with Crippen LogP contribution in [-0.4, -0.2) is 70.0 Å².